The number of rotatable bonds is 6. The van der Waals surface area contributed by atoms with Crippen LogP contribution in [-0.2, 0) is 0 Å². The van der Waals surface area contributed by atoms with Crippen molar-refractivity contribution in [1.82, 2.24) is 0 Å². The number of carboxylic acids is 2. The van der Waals surface area contributed by atoms with Gasteiger partial charge in [-0.25, -0.2) is 9.59 Å². The van der Waals surface area contributed by atoms with Crippen LogP contribution < -0.4 is 9.47 Å². The Morgan fingerprint density at radius 1 is 0.529 bits per heavy atom. The molecule has 0 radical (unpaired) electrons. The normalized spacial score (nSPS) is 10.0. The van der Waals surface area contributed by atoms with Gasteiger partial charge in [0.1, 0.15) is 23.0 Å². The lowest BCUT2D eigenvalue weighted by Gasteiger charge is -2.11. The summed E-state index contributed by atoms with van der Waals surface area (Å²) >= 11 is 0. The molecule has 0 amide bonds. The van der Waals surface area contributed by atoms with E-state index in [9.17, 15) is 9.59 Å². The van der Waals surface area contributed by atoms with Crippen molar-refractivity contribution >= 4 is 11.9 Å². The van der Waals surface area contributed by atoms with E-state index in [1.54, 1.807) is 42.5 Å². The fraction of sp³-hybridized carbons (Fsp3) is 0. The molecule has 0 aliphatic carbocycles. The Hall–Kier alpha value is -5.02. The maximum Gasteiger partial charge on any atom is 0.335 e. The van der Waals surface area contributed by atoms with Crippen LogP contribution in [0.2, 0.25) is 0 Å². The van der Waals surface area contributed by atoms with Crippen LogP contribution in [-0.4, -0.2) is 22.2 Å². The van der Waals surface area contributed by atoms with Crippen molar-refractivity contribution < 1.29 is 29.3 Å². The summed E-state index contributed by atoms with van der Waals surface area (Å²) in [6, 6.07) is 26.8. The molecule has 34 heavy (non-hydrogen) atoms. The van der Waals surface area contributed by atoms with E-state index in [2.05, 4.69) is 11.8 Å². The van der Waals surface area contributed by atoms with Crippen LogP contribution in [0, 0.1) is 11.8 Å². The molecule has 0 saturated heterocycles. The number of carbonyl (C=O) groups is 2. The Bertz CT molecular complexity index is 1300. The van der Waals surface area contributed by atoms with Gasteiger partial charge in [-0.05, 0) is 72.8 Å². The van der Waals surface area contributed by atoms with Crippen molar-refractivity contribution in [1.29, 1.82) is 0 Å². The largest absolute Gasteiger partial charge is 0.478 e. The van der Waals surface area contributed by atoms with Gasteiger partial charge in [-0.15, -0.1) is 0 Å². The minimum Gasteiger partial charge on any atom is -0.478 e. The summed E-state index contributed by atoms with van der Waals surface area (Å²) in [5.74, 6) is 5.95. The summed E-state index contributed by atoms with van der Waals surface area (Å²) in [5, 5.41) is 18.1. The number of hydrogen-bond donors (Lipinski definition) is 2. The highest BCUT2D eigenvalue weighted by atomic mass is 16.5. The molecule has 4 aromatic carbocycles. The highest BCUT2D eigenvalue weighted by molar-refractivity contribution is 5.88. The van der Waals surface area contributed by atoms with E-state index < -0.39 is 11.9 Å². The van der Waals surface area contributed by atoms with Crippen LogP contribution >= 0.6 is 0 Å². The third-order valence-corrected chi connectivity index (χ3v) is 4.68. The van der Waals surface area contributed by atoms with Crippen LogP contribution in [0.3, 0.4) is 0 Å². The third-order valence-electron chi connectivity index (χ3n) is 4.68. The van der Waals surface area contributed by atoms with Gasteiger partial charge in [0.25, 0.3) is 0 Å². The zero-order chi connectivity index (χ0) is 23.9. The van der Waals surface area contributed by atoms with Crippen molar-refractivity contribution in [2.24, 2.45) is 0 Å². The summed E-state index contributed by atoms with van der Waals surface area (Å²) in [5.41, 5.74) is 1.80. The van der Waals surface area contributed by atoms with Gasteiger partial charge in [0, 0.05) is 17.2 Å². The molecule has 2 N–H and O–H groups in total. The maximum atomic E-state index is 11.1. The number of benzene rings is 4. The molecule has 0 fully saturated rings. The maximum absolute atomic E-state index is 11.1. The smallest absolute Gasteiger partial charge is 0.335 e. The van der Waals surface area contributed by atoms with Crippen molar-refractivity contribution in [2.45, 2.75) is 0 Å². The molecule has 0 bridgehead atoms. The first-order valence-corrected chi connectivity index (χ1v) is 10.2. The molecule has 0 saturated carbocycles. The van der Waals surface area contributed by atoms with Crippen LogP contribution in [0.1, 0.15) is 31.8 Å². The highest BCUT2D eigenvalue weighted by Gasteiger charge is 2.08. The SMILES string of the molecule is O=C(O)c1ccc(Oc2cc(C#Cc3ccccc3)cc(Oc3ccc(C(=O)O)cc3)c2)cc1. The lowest BCUT2D eigenvalue weighted by molar-refractivity contribution is 0.0686. The summed E-state index contributed by atoms with van der Waals surface area (Å²) < 4.78 is 11.8. The van der Waals surface area contributed by atoms with Gasteiger partial charge in [-0.1, -0.05) is 30.0 Å². The second kappa shape index (κ2) is 10.1. The molecule has 4 rings (SSSR count). The first kappa shape index (κ1) is 22.2. The Labute approximate surface area is 195 Å². The number of hydrogen-bond acceptors (Lipinski definition) is 4. The van der Waals surface area contributed by atoms with E-state index in [1.807, 2.05) is 30.3 Å². The zero-order valence-corrected chi connectivity index (χ0v) is 17.8. The Kier molecular flexibility index (Phi) is 6.57. The Morgan fingerprint density at radius 3 is 1.41 bits per heavy atom. The van der Waals surface area contributed by atoms with Gasteiger partial charge in [-0.2, -0.15) is 0 Å². The second-order valence-electron chi connectivity index (χ2n) is 7.17. The van der Waals surface area contributed by atoms with Crippen molar-refractivity contribution in [3.8, 4) is 34.8 Å². The first-order valence-electron chi connectivity index (χ1n) is 10.2. The van der Waals surface area contributed by atoms with Crippen molar-refractivity contribution in [3.05, 3.63) is 119 Å². The molecular formula is C28H18O6. The van der Waals surface area contributed by atoms with Gasteiger partial charge in [0.15, 0.2) is 0 Å². The highest BCUT2D eigenvalue weighted by Crippen LogP contribution is 2.30. The second-order valence-corrected chi connectivity index (χ2v) is 7.17. The van der Waals surface area contributed by atoms with E-state index in [1.165, 1.54) is 24.3 Å². The molecule has 6 heteroatoms. The topological polar surface area (TPSA) is 93.1 Å². The van der Waals surface area contributed by atoms with Crippen LogP contribution in [0.25, 0.3) is 0 Å². The van der Waals surface area contributed by atoms with Gasteiger partial charge >= 0.3 is 11.9 Å². The molecule has 166 valence electrons. The molecular weight excluding hydrogens is 432 g/mol. The van der Waals surface area contributed by atoms with Gasteiger partial charge in [0.05, 0.1) is 11.1 Å². The van der Waals surface area contributed by atoms with Gasteiger partial charge in [0.2, 0.25) is 0 Å². The number of ether oxygens (including phenoxy) is 2. The molecule has 0 atom stereocenters. The molecule has 0 heterocycles. The summed E-state index contributed by atoms with van der Waals surface area (Å²) in [6.45, 7) is 0. The molecule has 0 spiro atoms. The monoisotopic (exact) mass is 450 g/mol. The molecule has 6 nitrogen and oxygen atoms in total. The predicted octanol–water partition coefficient (Wildman–Crippen LogP) is 6.07. The van der Waals surface area contributed by atoms with Crippen LogP contribution in [0.4, 0.5) is 0 Å². The van der Waals surface area contributed by atoms with E-state index in [0.29, 0.717) is 28.6 Å². The Balaban J connectivity index is 1.64. The first-order chi connectivity index (χ1) is 16.5. The molecule has 0 aromatic heterocycles. The van der Waals surface area contributed by atoms with Gasteiger partial charge in [-0.3, -0.25) is 0 Å². The van der Waals surface area contributed by atoms with E-state index in [-0.39, 0.29) is 11.1 Å². The lowest BCUT2D eigenvalue weighted by Crippen LogP contribution is -1.96. The van der Waals surface area contributed by atoms with E-state index in [0.717, 1.165) is 5.56 Å². The summed E-state index contributed by atoms with van der Waals surface area (Å²) in [6.07, 6.45) is 0. The van der Waals surface area contributed by atoms with E-state index in [4.69, 9.17) is 19.7 Å². The van der Waals surface area contributed by atoms with Crippen molar-refractivity contribution in [3.63, 3.8) is 0 Å². The number of aromatic carboxylic acids is 2. The summed E-state index contributed by atoms with van der Waals surface area (Å²) in [7, 11) is 0. The summed E-state index contributed by atoms with van der Waals surface area (Å²) in [4.78, 5) is 22.2. The third kappa shape index (κ3) is 5.81. The van der Waals surface area contributed by atoms with Crippen LogP contribution in [0.5, 0.6) is 23.0 Å². The predicted molar refractivity (Wildman–Crippen MR) is 126 cm³/mol. The molecule has 4 aromatic rings. The quantitative estimate of drug-likeness (QED) is 0.347. The average Bonchev–Trinajstić information content (AvgIpc) is 2.84. The molecule has 0 unspecified atom stereocenters. The lowest BCUT2D eigenvalue weighted by atomic mass is 10.1. The van der Waals surface area contributed by atoms with Crippen molar-refractivity contribution in [2.75, 3.05) is 0 Å². The average molecular weight is 450 g/mol. The number of carboxylic acid groups (broad SMARTS) is 2. The molecule has 0 aliphatic rings. The fourth-order valence-electron chi connectivity index (χ4n) is 3.03. The van der Waals surface area contributed by atoms with Crippen LogP contribution in [0.15, 0.2) is 97.1 Å². The minimum atomic E-state index is -1.02. The Morgan fingerprint density at radius 2 is 0.971 bits per heavy atom. The standard InChI is InChI=1S/C28H18O6/c29-27(30)21-8-12-23(13-9-21)33-25-16-20(7-6-19-4-2-1-3-5-19)17-26(18-25)34-24-14-10-22(11-15-24)28(31)32/h1-5,8-18H,(H,29,30)(H,31,32). The van der Waals surface area contributed by atoms with Gasteiger partial charge < -0.3 is 19.7 Å². The fourth-order valence-corrected chi connectivity index (χ4v) is 3.03. The molecule has 0 aliphatic heterocycles. The zero-order valence-electron chi connectivity index (χ0n) is 17.8. The van der Waals surface area contributed by atoms with E-state index >= 15 is 0 Å². The minimum absolute atomic E-state index is 0.156.